The first-order valence-corrected chi connectivity index (χ1v) is 5.52. The number of nitrogen functional groups attached to an aromatic ring is 1. The van der Waals surface area contributed by atoms with Gasteiger partial charge < -0.3 is 11.1 Å². The Hall–Kier alpha value is -1.74. The summed E-state index contributed by atoms with van der Waals surface area (Å²) in [6.07, 6.45) is 0. The van der Waals surface area contributed by atoms with Crippen molar-refractivity contribution in [3.63, 3.8) is 0 Å². The standard InChI is InChI=1S/C13H12ClFN2/c1-8-6-10(3-5-12(8)16)17-13-7-9(14)2-4-11(13)15/h2-7,17H,16H2,1H3. The predicted octanol–water partition coefficient (Wildman–Crippen LogP) is 4.11. The minimum absolute atomic E-state index is 0.344. The smallest absolute Gasteiger partial charge is 0.146 e. The van der Waals surface area contributed by atoms with Crippen molar-refractivity contribution in [2.45, 2.75) is 6.92 Å². The van der Waals surface area contributed by atoms with Crippen LogP contribution in [0.15, 0.2) is 36.4 Å². The van der Waals surface area contributed by atoms with E-state index in [1.54, 1.807) is 18.2 Å². The molecule has 0 unspecified atom stereocenters. The molecule has 3 N–H and O–H groups in total. The number of aryl methyl sites for hydroxylation is 1. The molecule has 2 aromatic rings. The van der Waals surface area contributed by atoms with Gasteiger partial charge in [0.15, 0.2) is 0 Å². The van der Waals surface area contributed by atoms with Gasteiger partial charge in [0, 0.05) is 16.4 Å². The van der Waals surface area contributed by atoms with Crippen LogP contribution in [0.5, 0.6) is 0 Å². The molecule has 0 atom stereocenters. The van der Waals surface area contributed by atoms with Crippen LogP contribution in [0.2, 0.25) is 5.02 Å². The van der Waals surface area contributed by atoms with Crippen LogP contribution in [0, 0.1) is 12.7 Å². The van der Waals surface area contributed by atoms with Gasteiger partial charge in [-0.2, -0.15) is 0 Å². The maximum absolute atomic E-state index is 13.5. The van der Waals surface area contributed by atoms with E-state index in [0.717, 1.165) is 11.3 Å². The van der Waals surface area contributed by atoms with Gasteiger partial charge in [0.2, 0.25) is 0 Å². The average molecular weight is 251 g/mol. The second-order valence-corrected chi connectivity index (χ2v) is 4.26. The molecule has 2 aromatic carbocycles. The Bertz CT molecular complexity index is 555. The first-order chi connectivity index (χ1) is 8.06. The summed E-state index contributed by atoms with van der Waals surface area (Å²) in [6.45, 7) is 1.90. The molecular formula is C13H12ClFN2. The van der Waals surface area contributed by atoms with Gasteiger partial charge in [-0.25, -0.2) is 4.39 Å². The molecule has 0 bridgehead atoms. The van der Waals surface area contributed by atoms with Crippen LogP contribution in [-0.2, 0) is 0 Å². The lowest BCUT2D eigenvalue weighted by Gasteiger charge is -2.09. The van der Waals surface area contributed by atoms with Crippen molar-refractivity contribution >= 4 is 28.7 Å². The summed E-state index contributed by atoms with van der Waals surface area (Å²) in [7, 11) is 0. The highest BCUT2D eigenvalue weighted by Gasteiger charge is 2.04. The second-order valence-electron chi connectivity index (χ2n) is 3.82. The van der Waals surface area contributed by atoms with Gasteiger partial charge >= 0.3 is 0 Å². The highest BCUT2D eigenvalue weighted by Crippen LogP contribution is 2.25. The zero-order valence-electron chi connectivity index (χ0n) is 9.30. The van der Waals surface area contributed by atoms with E-state index in [1.165, 1.54) is 12.1 Å². The lowest BCUT2D eigenvalue weighted by molar-refractivity contribution is 0.632. The van der Waals surface area contributed by atoms with E-state index in [-0.39, 0.29) is 5.82 Å². The molecule has 0 fully saturated rings. The molecule has 0 aromatic heterocycles. The summed E-state index contributed by atoms with van der Waals surface area (Å²) in [5.74, 6) is -0.344. The van der Waals surface area contributed by atoms with Gasteiger partial charge in [-0.15, -0.1) is 0 Å². The predicted molar refractivity (Wildman–Crippen MR) is 70.3 cm³/mol. The Kier molecular flexibility index (Phi) is 3.20. The molecule has 0 aliphatic carbocycles. The van der Waals surface area contributed by atoms with Gasteiger partial charge in [0.25, 0.3) is 0 Å². The molecule has 0 aliphatic heterocycles. The number of nitrogens with two attached hydrogens (primary N) is 1. The van der Waals surface area contributed by atoms with Gasteiger partial charge in [0.1, 0.15) is 5.82 Å². The van der Waals surface area contributed by atoms with E-state index >= 15 is 0 Å². The van der Waals surface area contributed by atoms with Crippen LogP contribution in [0.1, 0.15) is 5.56 Å². The molecular weight excluding hydrogens is 239 g/mol. The lowest BCUT2D eigenvalue weighted by atomic mass is 10.2. The minimum atomic E-state index is -0.344. The number of halogens is 2. The molecule has 17 heavy (non-hydrogen) atoms. The van der Waals surface area contributed by atoms with E-state index in [1.807, 2.05) is 13.0 Å². The molecule has 0 heterocycles. The van der Waals surface area contributed by atoms with Gasteiger partial charge in [-0.05, 0) is 48.9 Å². The average Bonchev–Trinajstić information content (AvgIpc) is 2.29. The van der Waals surface area contributed by atoms with Crippen molar-refractivity contribution in [1.29, 1.82) is 0 Å². The van der Waals surface area contributed by atoms with Crippen LogP contribution < -0.4 is 11.1 Å². The van der Waals surface area contributed by atoms with E-state index in [9.17, 15) is 4.39 Å². The highest BCUT2D eigenvalue weighted by atomic mass is 35.5. The fourth-order valence-corrected chi connectivity index (χ4v) is 1.67. The quantitative estimate of drug-likeness (QED) is 0.787. The van der Waals surface area contributed by atoms with E-state index in [2.05, 4.69) is 5.32 Å². The van der Waals surface area contributed by atoms with Crippen LogP contribution in [0.4, 0.5) is 21.5 Å². The third-order valence-electron chi connectivity index (χ3n) is 2.48. The molecule has 4 heteroatoms. The summed E-state index contributed by atoms with van der Waals surface area (Å²) in [5, 5.41) is 3.45. The first kappa shape index (κ1) is 11.7. The summed E-state index contributed by atoms with van der Waals surface area (Å²) in [4.78, 5) is 0. The van der Waals surface area contributed by atoms with Crippen LogP contribution in [0.25, 0.3) is 0 Å². The molecule has 0 radical (unpaired) electrons. The Morgan fingerprint density at radius 3 is 2.65 bits per heavy atom. The molecule has 0 saturated heterocycles. The molecule has 0 saturated carbocycles. The Morgan fingerprint density at radius 2 is 1.94 bits per heavy atom. The van der Waals surface area contributed by atoms with Gasteiger partial charge in [0.05, 0.1) is 5.69 Å². The Balaban J connectivity index is 2.31. The van der Waals surface area contributed by atoms with Gasteiger partial charge in [-0.1, -0.05) is 11.6 Å². The fourth-order valence-electron chi connectivity index (χ4n) is 1.50. The normalized spacial score (nSPS) is 10.3. The molecule has 2 rings (SSSR count). The SMILES string of the molecule is Cc1cc(Nc2cc(Cl)ccc2F)ccc1N. The molecule has 0 amide bonds. The van der Waals surface area contributed by atoms with Crippen molar-refractivity contribution < 1.29 is 4.39 Å². The second kappa shape index (κ2) is 4.63. The van der Waals surface area contributed by atoms with E-state index in [4.69, 9.17) is 17.3 Å². The van der Waals surface area contributed by atoms with Crippen LogP contribution >= 0.6 is 11.6 Å². The number of anilines is 3. The first-order valence-electron chi connectivity index (χ1n) is 5.14. The van der Waals surface area contributed by atoms with E-state index in [0.29, 0.717) is 16.4 Å². The van der Waals surface area contributed by atoms with Crippen molar-refractivity contribution in [2.24, 2.45) is 0 Å². The Morgan fingerprint density at radius 1 is 1.18 bits per heavy atom. The monoisotopic (exact) mass is 250 g/mol. The van der Waals surface area contributed by atoms with E-state index < -0.39 is 0 Å². The Labute approximate surface area is 104 Å². The molecule has 2 nitrogen and oxygen atoms in total. The zero-order valence-corrected chi connectivity index (χ0v) is 10.1. The topological polar surface area (TPSA) is 38.0 Å². The fraction of sp³-hybridized carbons (Fsp3) is 0.0769. The van der Waals surface area contributed by atoms with Crippen molar-refractivity contribution in [1.82, 2.24) is 0 Å². The third-order valence-corrected chi connectivity index (χ3v) is 2.71. The molecule has 0 aliphatic rings. The number of nitrogens with one attached hydrogen (secondary N) is 1. The van der Waals surface area contributed by atoms with Crippen molar-refractivity contribution in [3.05, 3.63) is 52.8 Å². The van der Waals surface area contributed by atoms with Gasteiger partial charge in [-0.3, -0.25) is 0 Å². The number of hydrogen-bond acceptors (Lipinski definition) is 2. The number of benzene rings is 2. The summed E-state index contributed by atoms with van der Waals surface area (Å²) in [5.41, 5.74) is 8.49. The third kappa shape index (κ3) is 2.68. The molecule has 88 valence electrons. The maximum Gasteiger partial charge on any atom is 0.146 e. The van der Waals surface area contributed by atoms with Crippen molar-refractivity contribution in [3.8, 4) is 0 Å². The maximum atomic E-state index is 13.5. The van der Waals surface area contributed by atoms with Crippen LogP contribution in [-0.4, -0.2) is 0 Å². The summed E-state index contributed by atoms with van der Waals surface area (Å²) >= 11 is 5.81. The van der Waals surface area contributed by atoms with Crippen LogP contribution in [0.3, 0.4) is 0 Å². The minimum Gasteiger partial charge on any atom is -0.399 e. The van der Waals surface area contributed by atoms with Crippen molar-refractivity contribution in [2.75, 3.05) is 11.1 Å². The number of hydrogen-bond donors (Lipinski definition) is 2. The number of rotatable bonds is 2. The summed E-state index contributed by atoms with van der Waals surface area (Å²) in [6, 6.07) is 9.81. The largest absolute Gasteiger partial charge is 0.399 e. The molecule has 0 spiro atoms. The zero-order chi connectivity index (χ0) is 12.4. The highest BCUT2D eigenvalue weighted by molar-refractivity contribution is 6.30. The summed E-state index contributed by atoms with van der Waals surface area (Å²) < 4.78 is 13.5. The lowest BCUT2D eigenvalue weighted by Crippen LogP contribution is -1.96.